The summed E-state index contributed by atoms with van der Waals surface area (Å²) >= 11 is 1.72. The topological polar surface area (TPSA) is 20.3 Å². The van der Waals surface area contributed by atoms with Crippen molar-refractivity contribution in [1.29, 1.82) is 0 Å². The van der Waals surface area contributed by atoms with Gasteiger partial charge in [0.05, 0.1) is 0 Å². The molecule has 0 unspecified atom stereocenters. The highest BCUT2D eigenvalue weighted by Gasteiger charge is 2.34. The van der Waals surface area contributed by atoms with Crippen LogP contribution >= 0.6 is 11.9 Å². The summed E-state index contributed by atoms with van der Waals surface area (Å²) in [5, 5.41) is 0. The highest BCUT2D eigenvalue weighted by atomic mass is 32.2. The minimum atomic E-state index is -0.201. The molecule has 0 saturated carbocycles. The average Bonchev–Trinajstić information content (AvgIpc) is 2.41. The van der Waals surface area contributed by atoms with Crippen LogP contribution in [0.5, 0.6) is 0 Å². The molecule has 112 valence electrons. The Labute approximate surface area is 125 Å². The molecule has 1 aliphatic heterocycles. The van der Waals surface area contributed by atoms with Crippen LogP contribution in [0.15, 0.2) is 24.3 Å². The Balaban J connectivity index is 0.000000956. The summed E-state index contributed by atoms with van der Waals surface area (Å²) in [5.74, 6) is 0.962. The molecule has 1 fully saturated rings. The van der Waals surface area contributed by atoms with Crippen LogP contribution in [-0.2, 0) is 10.5 Å². The molecule has 0 radical (unpaired) electrons. The van der Waals surface area contributed by atoms with Crippen molar-refractivity contribution in [2.75, 3.05) is 6.54 Å². The van der Waals surface area contributed by atoms with Gasteiger partial charge in [-0.3, -0.25) is 4.79 Å². The van der Waals surface area contributed by atoms with E-state index in [-0.39, 0.29) is 11.4 Å². The third-order valence-electron chi connectivity index (χ3n) is 3.20. The van der Waals surface area contributed by atoms with Crippen LogP contribution < -0.4 is 0 Å². The minimum absolute atomic E-state index is 0.0833. The molecule has 0 spiro atoms. The first-order chi connectivity index (χ1) is 9.47. The number of nitrogens with zero attached hydrogens (tertiary/aromatic N) is 1. The lowest BCUT2D eigenvalue weighted by molar-refractivity contribution is -0.123. The average molecular weight is 297 g/mol. The van der Waals surface area contributed by atoms with Crippen LogP contribution in [0.4, 0.5) is 4.39 Å². The lowest BCUT2D eigenvalue weighted by Gasteiger charge is -2.40. The number of ketones is 1. The number of carbonyl (C=O) groups is 1. The van der Waals surface area contributed by atoms with Crippen LogP contribution in [0, 0.1) is 5.82 Å². The second-order valence-corrected chi connectivity index (χ2v) is 6.27. The van der Waals surface area contributed by atoms with Crippen LogP contribution in [-0.4, -0.2) is 22.2 Å². The molecule has 0 aliphatic carbocycles. The standard InChI is InChI=1S/C14H18FNOS.C2H6/c1-14(2)9-13(17)7-8-16(14)18-10-11-3-5-12(15)6-4-11;1-2/h3-6H,7-10H2,1-2H3;1-2H3. The third kappa shape index (κ3) is 4.91. The number of rotatable bonds is 3. The quantitative estimate of drug-likeness (QED) is 0.769. The van der Waals surface area contributed by atoms with E-state index in [1.807, 2.05) is 26.0 Å². The van der Waals surface area contributed by atoms with Crippen LogP contribution in [0.2, 0.25) is 0 Å². The molecule has 1 saturated heterocycles. The van der Waals surface area contributed by atoms with E-state index in [1.54, 1.807) is 11.9 Å². The maximum absolute atomic E-state index is 12.8. The van der Waals surface area contributed by atoms with Gasteiger partial charge in [0.15, 0.2) is 0 Å². The summed E-state index contributed by atoms with van der Waals surface area (Å²) in [6.07, 6.45) is 1.25. The Bertz CT molecular complexity index is 431. The first-order valence-electron chi connectivity index (χ1n) is 7.14. The van der Waals surface area contributed by atoms with Crippen molar-refractivity contribution >= 4 is 17.7 Å². The number of carbonyl (C=O) groups excluding carboxylic acids is 1. The maximum Gasteiger partial charge on any atom is 0.136 e. The van der Waals surface area contributed by atoms with Gasteiger partial charge >= 0.3 is 0 Å². The molecule has 0 bridgehead atoms. The molecule has 4 heteroatoms. The Morgan fingerprint density at radius 3 is 2.40 bits per heavy atom. The zero-order valence-corrected chi connectivity index (χ0v) is 13.6. The summed E-state index contributed by atoms with van der Waals surface area (Å²) in [6, 6.07) is 6.59. The molecule has 20 heavy (non-hydrogen) atoms. The number of hydrogen-bond donors (Lipinski definition) is 0. The van der Waals surface area contributed by atoms with Gasteiger partial charge in [-0.05, 0) is 31.5 Å². The van der Waals surface area contributed by atoms with Crippen molar-refractivity contribution in [2.45, 2.75) is 51.8 Å². The highest BCUT2D eigenvalue weighted by molar-refractivity contribution is 7.96. The molecule has 2 rings (SSSR count). The third-order valence-corrected chi connectivity index (χ3v) is 4.65. The fourth-order valence-electron chi connectivity index (χ4n) is 2.16. The van der Waals surface area contributed by atoms with E-state index in [9.17, 15) is 9.18 Å². The minimum Gasteiger partial charge on any atom is -0.300 e. The summed E-state index contributed by atoms with van der Waals surface area (Å²) < 4.78 is 15.1. The van der Waals surface area contributed by atoms with Gasteiger partial charge in [-0.15, -0.1) is 0 Å². The number of benzene rings is 1. The molecule has 0 amide bonds. The Hall–Kier alpha value is -0.870. The van der Waals surface area contributed by atoms with Gasteiger partial charge in [-0.25, -0.2) is 8.70 Å². The highest BCUT2D eigenvalue weighted by Crippen LogP contribution is 2.33. The van der Waals surface area contributed by atoms with Crippen LogP contribution in [0.3, 0.4) is 0 Å². The molecule has 1 aliphatic rings. The van der Waals surface area contributed by atoms with Crippen molar-refractivity contribution in [3.8, 4) is 0 Å². The van der Waals surface area contributed by atoms with E-state index >= 15 is 0 Å². The van der Waals surface area contributed by atoms with Gasteiger partial charge in [-0.2, -0.15) is 0 Å². The molecular formula is C16H24FNOS. The number of halogens is 1. The van der Waals surface area contributed by atoms with Gasteiger partial charge in [0.1, 0.15) is 11.6 Å². The fraction of sp³-hybridized carbons (Fsp3) is 0.562. The molecule has 0 aromatic heterocycles. The lowest BCUT2D eigenvalue weighted by atomic mass is 9.92. The van der Waals surface area contributed by atoms with Crippen LogP contribution in [0.25, 0.3) is 0 Å². The normalized spacial score (nSPS) is 18.4. The number of piperidine rings is 1. The van der Waals surface area contributed by atoms with E-state index in [0.717, 1.165) is 17.9 Å². The number of Topliss-reactive ketones (excluding diaryl/α,β-unsaturated/α-hetero) is 1. The zero-order valence-electron chi connectivity index (χ0n) is 12.8. The van der Waals surface area contributed by atoms with Crippen molar-refractivity contribution in [3.63, 3.8) is 0 Å². The monoisotopic (exact) mass is 297 g/mol. The van der Waals surface area contributed by atoms with E-state index < -0.39 is 0 Å². The zero-order chi connectivity index (χ0) is 15.2. The van der Waals surface area contributed by atoms with Gasteiger partial charge in [-0.1, -0.05) is 37.9 Å². The summed E-state index contributed by atoms with van der Waals surface area (Å²) in [4.78, 5) is 11.5. The maximum atomic E-state index is 12.8. The second-order valence-electron chi connectivity index (χ2n) is 5.28. The van der Waals surface area contributed by atoms with E-state index in [4.69, 9.17) is 0 Å². The van der Waals surface area contributed by atoms with Gasteiger partial charge in [0.2, 0.25) is 0 Å². The number of hydrogen-bond acceptors (Lipinski definition) is 3. The van der Waals surface area contributed by atoms with Gasteiger partial charge < -0.3 is 0 Å². The molecule has 1 aromatic carbocycles. The molecule has 0 N–H and O–H groups in total. The van der Waals surface area contributed by atoms with Gasteiger partial charge in [0, 0.05) is 30.7 Å². The molecule has 1 heterocycles. The predicted molar refractivity (Wildman–Crippen MR) is 84.1 cm³/mol. The summed E-state index contributed by atoms with van der Waals surface area (Å²) in [6.45, 7) is 9.00. The van der Waals surface area contributed by atoms with Crippen molar-refractivity contribution in [2.24, 2.45) is 0 Å². The van der Waals surface area contributed by atoms with E-state index in [2.05, 4.69) is 18.2 Å². The first kappa shape index (κ1) is 17.2. The predicted octanol–water partition coefficient (Wildman–Crippen LogP) is 4.44. The lowest BCUT2D eigenvalue weighted by Crippen LogP contribution is -2.46. The van der Waals surface area contributed by atoms with E-state index in [1.165, 1.54) is 12.1 Å². The van der Waals surface area contributed by atoms with Crippen molar-refractivity contribution < 1.29 is 9.18 Å². The largest absolute Gasteiger partial charge is 0.300 e. The molecule has 0 atom stereocenters. The Morgan fingerprint density at radius 2 is 1.85 bits per heavy atom. The Morgan fingerprint density at radius 1 is 1.25 bits per heavy atom. The summed E-state index contributed by atoms with van der Waals surface area (Å²) in [5.41, 5.74) is 1.02. The second kappa shape index (κ2) is 7.79. The van der Waals surface area contributed by atoms with Crippen LogP contribution in [0.1, 0.15) is 46.1 Å². The van der Waals surface area contributed by atoms with Crippen molar-refractivity contribution in [3.05, 3.63) is 35.6 Å². The van der Waals surface area contributed by atoms with E-state index in [0.29, 0.717) is 18.6 Å². The summed E-state index contributed by atoms with van der Waals surface area (Å²) in [7, 11) is 0. The SMILES string of the molecule is CC.CC1(C)CC(=O)CCN1SCc1ccc(F)cc1. The molecular weight excluding hydrogens is 273 g/mol. The smallest absolute Gasteiger partial charge is 0.136 e. The first-order valence-corrected chi connectivity index (χ1v) is 8.08. The van der Waals surface area contributed by atoms with Gasteiger partial charge in [0.25, 0.3) is 0 Å². The molecule has 2 nitrogen and oxygen atoms in total. The Kier molecular flexibility index (Phi) is 6.69. The fourth-order valence-corrected chi connectivity index (χ4v) is 3.29. The van der Waals surface area contributed by atoms with Crippen molar-refractivity contribution in [1.82, 2.24) is 4.31 Å². The molecule has 1 aromatic rings.